The zero-order chi connectivity index (χ0) is 16.9. The van der Waals surface area contributed by atoms with Gasteiger partial charge in [0.1, 0.15) is 17.8 Å². The Balaban J connectivity index is 1.72. The minimum absolute atomic E-state index is 0.250. The molecule has 7 nitrogen and oxygen atoms in total. The van der Waals surface area contributed by atoms with E-state index in [4.69, 9.17) is 4.74 Å². The molecule has 122 valence electrons. The fraction of sp³-hybridized carbons (Fsp3) is 0.176. The van der Waals surface area contributed by atoms with Crippen molar-refractivity contribution in [3.05, 3.63) is 59.8 Å². The van der Waals surface area contributed by atoms with Crippen LogP contribution >= 0.6 is 0 Å². The van der Waals surface area contributed by atoms with Gasteiger partial charge >= 0.3 is 0 Å². The normalized spacial score (nSPS) is 10.4. The first-order valence-corrected chi connectivity index (χ1v) is 7.42. The summed E-state index contributed by atoms with van der Waals surface area (Å²) in [6.07, 6.45) is 1.48. The van der Waals surface area contributed by atoms with E-state index >= 15 is 0 Å². The number of methoxy groups -OCH3 is 1. The molecular formula is C17H17N5O2. The Morgan fingerprint density at radius 3 is 2.88 bits per heavy atom. The number of rotatable bonds is 5. The summed E-state index contributed by atoms with van der Waals surface area (Å²) >= 11 is 0. The SMILES string of the molecule is COc1ccccc1-c1cc(C(=O)NCc2cc(C)ncn2)[nH]n1. The van der Waals surface area contributed by atoms with Gasteiger partial charge in [-0.3, -0.25) is 9.89 Å². The van der Waals surface area contributed by atoms with Gasteiger partial charge in [0.2, 0.25) is 0 Å². The Bertz CT molecular complexity index is 859. The van der Waals surface area contributed by atoms with E-state index in [-0.39, 0.29) is 5.91 Å². The molecule has 2 heterocycles. The maximum absolute atomic E-state index is 12.2. The molecular weight excluding hydrogens is 306 g/mol. The Morgan fingerprint density at radius 2 is 2.08 bits per heavy atom. The number of carbonyl (C=O) groups is 1. The summed E-state index contributed by atoms with van der Waals surface area (Å²) in [6.45, 7) is 2.20. The van der Waals surface area contributed by atoms with E-state index in [1.54, 1.807) is 13.2 Å². The van der Waals surface area contributed by atoms with E-state index in [2.05, 4.69) is 25.5 Å². The topological polar surface area (TPSA) is 92.8 Å². The third-order valence-corrected chi connectivity index (χ3v) is 3.50. The number of H-pyrrole nitrogens is 1. The lowest BCUT2D eigenvalue weighted by molar-refractivity contribution is 0.0945. The number of aryl methyl sites for hydroxylation is 1. The second-order valence-corrected chi connectivity index (χ2v) is 5.20. The number of nitrogens with zero attached hydrogens (tertiary/aromatic N) is 3. The molecule has 7 heteroatoms. The minimum Gasteiger partial charge on any atom is -0.496 e. The molecule has 2 aromatic heterocycles. The molecule has 0 radical (unpaired) electrons. The molecule has 24 heavy (non-hydrogen) atoms. The molecule has 0 aliphatic heterocycles. The highest BCUT2D eigenvalue weighted by Crippen LogP contribution is 2.28. The molecule has 0 atom stereocenters. The summed E-state index contributed by atoms with van der Waals surface area (Å²) in [7, 11) is 1.60. The van der Waals surface area contributed by atoms with E-state index in [9.17, 15) is 4.79 Å². The van der Waals surface area contributed by atoms with Gasteiger partial charge in [0.15, 0.2) is 0 Å². The van der Waals surface area contributed by atoms with Crippen LogP contribution in [0.2, 0.25) is 0 Å². The Morgan fingerprint density at radius 1 is 1.25 bits per heavy atom. The van der Waals surface area contributed by atoms with Crippen molar-refractivity contribution in [2.24, 2.45) is 0 Å². The number of amides is 1. The van der Waals surface area contributed by atoms with E-state index in [1.807, 2.05) is 37.3 Å². The molecule has 0 unspecified atom stereocenters. The molecule has 0 aliphatic carbocycles. The van der Waals surface area contributed by atoms with Gasteiger partial charge in [-0.15, -0.1) is 0 Å². The second-order valence-electron chi connectivity index (χ2n) is 5.20. The first kappa shape index (κ1) is 15.7. The van der Waals surface area contributed by atoms with Crippen LogP contribution in [0, 0.1) is 6.92 Å². The number of nitrogens with one attached hydrogen (secondary N) is 2. The summed E-state index contributed by atoms with van der Waals surface area (Å²) in [6, 6.07) is 11.0. The van der Waals surface area contributed by atoms with Crippen LogP contribution in [0.5, 0.6) is 5.75 Å². The van der Waals surface area contributed by atoms with Crippen molar-refractivity contribution in [2.45, 2.75) is 13.5 Å². The van der Waals surface area contributed by atoms with Gasteiger partial charge < -0.3 is 10.1 Å². The van der Waals surface area contributed by atoms with Crippen molar-refractivity contribution in [3.63, 3.8) is 0 Å². The van der Waals surface area contributed by atoms with Gasteiger partial charge in [-0.25, -0.2) is 9.97 Å². The molecule has 0 saturated carbocycles. The molecule has 0 fully saturated rings. The molecule has 0 bridgehead atoms. The van der Waals surface area contributed by atoms with Gasteiger partial charge in [-0.05, 0) is 31.2 Å². The van der Waals surface area contributed by atoms with Crippen molar-refractivity contribution in [2.75, 3.05) is 7.11 Å². The third kappa shape index (κ3) is 3.40. The number of ether oxygens (including phenoxy) is 1. The molecule has 1 aromatic carbocycles. The number of benzene rings is 1. The van der Waals surface area contributed by atoms with Gasteiger partial charge in [0.05, 0.1) is 25.0 Å². The maximum atomic E-state index is 12.2. The van der Waals surface area contributed by atoms with Gasteiger partial charge in [-0.1, -0.05) is 12.1 Å². The zero-order valence-electron chi connectivity index (χ0n) is 13.4. The standard InChI is InChI=1S/C17H17N5O2/c1-11-7-12(20-10-19-11)9-18-17(23)15-8-14(21-22-15)13-5-3-4-6-16(13)24-2/h3-8,10H,9H2,1-2H3,(H,18,23)(H,21,22). The Hall–Kier alpha value is -3.22. The number of aromatic nitrogens is 4. The third-order valence-electron chi connectivity index (χ3n) is 3.50. The minimum atomic E-state index is -0.250. The van der Waals surface area contributed by atoms with Crippen molar-refractivity contribution in [1.82, 2.24) is 25.5 Å². The molecule has 0 aliphatic rings. The molecule has 3 aromatic rings. The second kappa shape index (κ2) is 6.91. The molecule has 1 amide bonds. The summed E-state index contributed by atoms with van der Waals surface area (Å²) in [5, 5.41) is 9.75. The quantitative estimate of drug-likeness (QED) is 0.750. The first-order chi connectivity index (χ1) is 11.7. The van der Waals surface area contributed by atoms with E-state index in [0.29, 0.717) is 23.7 Å². The van der Waals surface area contributed by atoms with Crippen molar-refractivity contribution in [3.8, 4) is 17.0 Å². The summed E-state index contributed by atoms with van der Waals surface area (Å²) in [4.78, 5) is 20.4. The van der Waals surface area contributed by atoms with Crippen molar-refractivity contribution < 1.29 is 9.53 Å². The lowest BCUT2D eigenvalue weighted by Gasteiger charge is -2.04. The molecule has 3 rings (SSSR count). The van der Waals surface area contributed by atoms with E-state index < -0.39 is 0 Å². The predicted molar refractivity (Wildman–Crippen MR) is 88.5 cm³/mol. The summed E-state index contributed by atoms with van der Waals surface area (Å²) < 4.78 is 5.32. The number of hydrogen-bond donors (Lipinski definition) is 2. The van der Waals surface area contributed by atoms with Crippen molar-refractivity contribution in [1.29, 1.82) is 0 Å². The fourth-order valence-electron chi connectivity index (χ4n) is 2.30. The van der Waals surface area contributed by atoms with Crippen LogP contribution in [0.1, 0.15) is 21.9 Å². The van der Waals surface area contributed by atoms with Crippen molar-refractivity contribution >= 4 is 5.91 Å². The van der Waals surface area contributed by atoms with Crippen LogP contribution in [-0.2, 0) is 6.54 Å². The highest BCUT2D eigenvalue weighted by molar-refractivity contribution is 5.93. The number of aromatic amines is 1. The largest absolute Gasteiger partial charge is 0.496 e. The highest BCUT2D eigenvalue weighted by Gasteiger charge is 2.13. The number of para-hydroxylation sites is 1. The maximum Gasteiger partial charge on any atom is 0.269 e. The van der Waals surface area contributed by atoms with Crippen LogP contribution in [0.25, 0.3) is 11.3 Å². The first-order valence-electron chi connectivity index (χ1n) is 7.42. The van der Waals surface area contributed by atoms with Gasteiger partial charge in [-0.2, -0.15) is 5.10 Å². The average molecular weight is 323 g/mol. The Kier molecular flexibility index (Phi) is 4.51. The molecule has 0 saturated heterocycles. The zero-order valence-corrected chi connectivity index (χ0v) is 13.4. The summed E-state index contributed by atoms with van der Waals surface area (Å²) in [5.74, 6) is 0.451. The Labute approximate surface area is 139 Å². The molecule has 2 N–H and O–H groups in total. The van der Waals surface area contributed by atoms with Gasteiger partial charge in [0.25, 0.3) is 5.91 Å². The van der Waals surface area contributed by atoms with Crippen LogP contribution < -0.4 is 10.1 Å². The van der Waals surface area contributed by atoms with Crippen LogP contribution in [-0.4, -0.2) is 33.2 Å². The number of carbonyl (C=O) groups excluding carboxylic acids is 1. The predicted octanol–water partition coefficient (Wildman–Crippen LogP) is 2.11. The fourth-order valence-corrected chi connectivity index (χ4v) is 2.30. The van der Waals surface area contributed by atoms with Crippen LogP contribution in [0.15, 0.2) is 42.7 Å². The number of hydrogen-bond acceptors (Lipinski definition) is 5. The smallest absolute Gasteiger partial charge is 0.269 e. The van der Waals surface area contributed by atoms with Crippen LogP contribution in [0.3, 0.4) is 0 Å². The lowest BCUT2D eigenvalue weighted by atomic mass is 10.1. The average Bonchev–Trinajstić information content (AvgIpc) is 3.09. The van der Waals surface area contributed by atoms with E-state index in [1.165, 1.54) is 6.33 Å². The highest BCUT2D eigenvalue weighted by atomic mass is 16.5. The molecule has 0 spiro atoms. The van der Waals surface area contributed by atoms with E-state index in [0.717, 1.165) is 17.0 Å². The summed E-state index contributed by atoms with van der Waals surface area (Å²) in [5.41, 5.74) is 3.45. The van der Waals surface area contributed by atoms with Gasteiger partial charge in [0, 0.05) is 11.3 Å². The van der Waals surface area contributed by atoms with Crippen LogP contribution in [0.4, 0.5) is 0 Å². The monoisotopic (exact) mass is 323 g/mol. The lowest BCUT2D eigenvalue weighted by Crippen LogP contribution is -2.23.